The molecule has 0 radical (unpaired) electrons. The van der Waals surface area contributed by atoms with Crippen molar-refractivity contribution in [3.63, 3.8) is 0 Å². The molecule has 2 aromatic heterocycles. The number of aromatic hydroxyl groups is 1. The summed E-state index contributed by atoms with van der Waals surface area (Å²) in [7, 11) is 1.46. The maximum atomic E-state index is 12.1. The van der Waals surface area contributed by atoms with E-state index in [1.54, 1.807) is 49.5 Å². The topological polar surface area (TPSA) is 119 Å². The lowest BCUT2D eigenvalue weighted by Gasteiger charge is -2.12. The van der Waals surface area contributed by atoms with Crippen LogP contribution in [-0.2, 0) is 0 Å². The summed E-state index contributed by atoms with van der Waals surface area (Å²) >= 11 is 6.30. The molecule has 0 spiro atoms. The van der Waals surface area contributed by atoms with Gasteiger partial charge in [0.05, 0.1) is 23.3 Å². The lowest BCUT2D eigenvalue weighted by molar-refractivity contribution is 0.262. The van der Waals surface area contributed by atoms with Gasteiger partial charge in [-0.1, -0.05) is 16.8 Å². The molecule has 0 unspecified atom stereocenters. The molecule has 3 N–H and O–H groups in total. The average molecular weight is 441 g/mol. The number of fused-ring (bicyclic) bond motifs is 1. The van der Waals surface area contributed by atoms with E-state index in [0.717, 1.165) is 0 Å². The molecule has 0 bridgehead atoms. The van der Waals surface area contributed by atoms with Gasteiger partial charge in [-0.05, 0) is 31.2 Å². The average Bonchev–Trinajstić information content (AvgIpc) is 3.14. The van der Waals surface area contributed by atoms with Crippen molar-refractivity contribution in [1.82, 2.24) is 10.1 Å². The zero-order valence-electron chi connectivity index (χ0n) is 16.5. The van der Waals surface area contributed by atoms with Gasteiger partial charge in [0, 0.05) is 29.8 Å². The number of phenolic OH excluding ortho intramolecular Hbond substituents is 1. The van der Waals surface area contributed by atoms with Crippen LogP contribution >= 0.6 is 11.6 Å². The summed E-state index contributed by atoms with van der Waals surface area (Å²) in [5.74, 6) is 2.05. The van der Waals surface area contributed by atoms with Gasteiger partial charge in [-0.3, -0.25) is 10.3 Å². The van der Waals surface area contributed by atoms with E-state index in [-0.39, 0.29) is 16.6 Å². The summed E-state index contributed by atoms with van der Waals surface area (Å²) in [6.07, 6.45) is 1.58. The third-order valence-corrected chi connectivity index (χ3v) is 4.60. The van der Waals surface area contributed by atoms with E-state index in [4.69, 9.17) is 25.6 Å². The summed E-state index contributed by atoms with van der Waals surface area (Å²) in [5.41, 5.74) is 0.977. The molecule has 158 valence electrons. The normalized spacial score (nSPS) is 10.7. The molecule has 9 nitrogen and oxygen atoms in total. The Bertz CT molecular complexity index is 1270. The first kappa shape index (κ1) is 20.3. The van der Waals surface area contributed by atoms with E-state index in [1.165, 1.54) is 13.2 Å². The van der Waals surface area contributed by atoms with Gasteiger partial charge in [-0.2, -0.15) is 0 Å². The first-order chi connectivity index (χ1) is 14.9. The van der Waals surface area contributed by atoms with Gasteiger partial charge in [0.1, 0.15) is 17.3 Å². The first-order valence-electron chi connectivity index (χ1n) is 9.07. The van der Waals surface area contributed by atoms with E-state index in [9.17, 15) is 9.90 Å². The third-order valence-electron chi connectivity index (χ3n) is 4.29. The third kappa shape index (κ3) is 4.46. The number of aryl methyl sites for hydroxylation is 1. The maximum Gasteiger partial charge on any atom is 0.324 e. The number of halogens is 1. The van der Waals surface area contributed by atoms with Gasteiger partial charge in [0.2, 0.25) is 0 Å². The van der Waals surface area contributed by atoms with Crippen LogP contribution < -0.4 is 20.1 Å². The van der Waals surface area contributed by atoms with Gasteiger partial charge >= 0.3 is 6.03 Å². The van der Waals surface area contributed by atoms with Crippen molar-refractivity contribution in [3.8, 4) is 23.0 Å². The van der Waals surface area contributed by atoms with Crippen LogP contribution in [0.5, 0.6) is 23.0 Å². The van der Waals surface area contributed by atoms with E-state index in [0.29, 0.717) is 39.6 Å². The maximum absolute atomic E-state index is 12.1. The van der Waals surface area contributed by atoms with E-state index in [2.05, 4.69) is 20.8 Å². The molecule has 2 heterocycles. The summed E-state index contributed by atoms with van der Waals surface area (Å²) in [6.45, 7) is 1.72. The number of urea groups is 1. The lowest BCUT2D eigenvalue weighted by atomic mass is 10.2. The van der Waals surface area contributed by atoms with E-state index < -0.39 is 6.03 Å². The molecule has 10 heteroatoms. The Morgan fingerprint density at radius 3 is 2.68 bits per heavy atom. The first-order valence-corrected chi connectivity index (χ1v) is 9.45. The van der Waals surface area contributed by atoms with E-state index >= 15 is 0 Å². The van der Waals surface area contributed by atoms with E-state index in [1.807, 2.05) is 0 Å². The molecule has 4 rings (SSSR count). The minimum Gasteiger partial charge on any atom is -0.504 e. The number of carbonyl (C=O) groups is 1. The Morgan fingerprint density at radius 2 is 1.97 bits per heavy atom. The standard InChI is InChI=1S/C21H17ClN4O5/c1-11-7-20(26-31-11)25-21(28)24-15-4-3-12(8-14(15)22)30-18-5-6-23-16-10-19(29-2)17(27)9-13(16)18/h3-10,27H,1-2H3,(H2,24,25,26,28). The summed E-state index contributed by atoms with van der Waals surface area (Å²) in [4.78, 5) is 16.4. The lowest BCUT2D eigenvalue weighted by Crippen LogP contribution is -2.19. The highest BCUT2D eigenvalue weighted by atomic mass is 35.5. The van der Waals surface area contributed by atoms with Gasteiger partial charge in [0.15, 0.2) is 17.3 Å². The van der Waals surface area contributed by atoms with Crippen molar-refractivity contribution >= 4 is 40.0 Å². The molecule has 0 fully saturated rings. The molecule has 2 aromatic carbocycles. The Morgan fingerprint density at radius 1 is 1.13 bits per heavy atom. The number of methoxy groups -OCH3 is 1. The molecule has 4 aromatic rings. The highest BCUT2D eigenvalue weighted by Gasteiger charge is 2.12. The predicted molar refractivity (Wildman–Crippen MR) is 115 cm³/mol. The predicted octanol–water partition coefficient (Wildman–Crippen LogP) is 5.34. The Balaban J connectivity index is 1.52. The van der Waals surface area contributed by atoms with Crippen molar-refractivity contribution in [1.29, 1.82) is 0 Å². The minimum absolute atomic E-state index is 0.0289. The van der Waals surface area contributed by atoms with Crippen molar-refractivity contribution < 1.29 is 23.9 Å². The molecular weight excluding hydrogens is 424 g/mol. The Hall–Kier alpha value is -3.98. The summed E-state index contributed by atoms with van der Waals surface area (Å²) in [6, 6.07) is 10.7. The number of benzene rings is 2. The SMILES string of the molecule is COc1cc2nccc(Oc3ccc(NC(=O)Nc4cc(C)on4)c(Cl)c3)c2cc1O. The molecular formula is C21H17ClN4O5. The van der Waals surface area contributed by atoms with Crippen LogP contribution in [0.15, 0.2) is 53.2 Å². The molecule has 0 aliphatic heterocycles. The van der Waals surface area contributed by atoms with Gasteiger partial charge in [0.25, 0.3) is 0 Å². The fourth-order valence-corrected chi connectivity index (χ4v) is 3.09. The van der Waals surface area contributed by atoms with Gasteiger partial charge < -0.3 is 24.4 Å². The van der Waals surface area contributed by atoms with Crippen molar-refractivity contribution in [3.05, 3.63) is 59.4 Å². The quantitative estimate of drug-likeness (QED) is 0.383. The highest BCUT2D eigenvalue weighted by molar-refractivity contribution is 6.34. The second kappa shape index (κ2) is 8.41. The zero-order valence-corrected chi connectivity index (χ0v) is 17.2. The number of rotatable bonds is 5. The second-order valence-electron chi connectivity index (χ2n) is 6.50. The van der Waals surface area contributed by atoms with Crippen molar-refractivity contribution in [2.24, 2.45) is 0 Å². The molecule has 0 aliphatic rings. The summed E-state index contributed by atoms with van der Waals surface area (Å²) in [5, 5.41) is 19.8. The second-order valence-corrected chi connectivity index (χ2v) is 6.90. The molecule has 0 aliphatic carbocycles. The number of nitrogens with zero attached hydrogens (tertiary/aromatic N) is 2. The zero-order chi connectivity index (χ0) is 22.0. The fourth-order valence-electron chi connectivity index (χ4n) is 2.87. The molecule has 31 heavy (non-hydrogen) atoms. The monoisotopic (exact) mass is 440 g/mol. The number of ether oxygens (including phenoxy) is 2. The van der Waals surface area contributed by atoms with Crippen LogP contribution in [0.2, 0.25) is 5.02 Å². The Kier molecular flexibility index (Phi) is 5.50. The number of anilines is 2. The number of phenols is 1. The van der Waals surface area contributed by atoms with Crippen LogP contribution in [0, 0.1) is 6.92 Å². The Labute approximate surface area is 181 Å². The molecule has 0 saturated carbocycles. The molecule has 2 amide bonds. The van der Waals surface area contributed by atoms with Crippen LogP contribution in [0.25, 0.3) is 10.9 Å². The highest BCUT2D eigenvalue weighted by Crippen LogP contribution is 2.37. The largest absolute Gasteiger partial charge is 0.504 e. The number of aromatic nitrogens is 2. The number of pyridine rings is 1. The van der Waals surface area contributed by atoms with Crippen LogP contribution in [0.3, 0.4) is 0 Å². The van der Waals surface area contributed by atoms with Crippen molar-refractivity contribution in [2.75, 3.05) is 17.7 Å². The van der Waals surface area contributed by atoms with Crippen LogP contribution in [0.4, 0.5) is 16.3 Å². The number of carbonyl (C=O) groups excluding carboxylic acids is 1. The number of nitrogens with one attached hydrogen (secondary N) is 2. The number of hydrogen-bond acceptors (Lipinski definition) is 7. The molecule has 0 atom stereocenters. The van der Waals surface area contributed by atoms with Crippen molar-refractivity contribution in [2.45, 2.75) is 6.92 Å². The minimum atomic E-state index is -0.520. The smallest absolute Gasteiger partial charge is 0.324 e. The van der Waals surface area contributed by atoms with Crippen LogP contribution in [0.1, 0.15) is 5.76 Å². The number of hydrogen-bond donors (Lipinski definition) is 3. The van der Waals surface area contributed by atoms with Gasteiger partial charge in [-0.15, -0.1) is 0 Å². The summed E-state index contributed by atoms with van der Waals surface area (Å²) < 4.78 is 15.9. The molecule has 0 saturated heterocycles. The fraction of sp³-hybridized carbons (Fsp3) is 0.0952. The van der Waals surface area contributed by atoms with Gasteiger partial charge in [-0.25, -0.2) is 4.79 Å². The van der Waals surface area contributed by atoms with Crippen LogP contribution in [-0.4, -0.2) is 28.4 Å². The number of amides is 2.